The Morgan fingerprint density at radius 3 is 2.25 bits per heavy atom. The number of unbranched alkanes of at least 4 members (excludes halogenated alkanes) is 1. The summed E-state index contributed by atoms with van der Waals surface area (Å²) in [6.45, 7) is 14.4. The fourth-order valence-corrected chi connectivity index (χ4v) is 4.18. The maximum absolute atomic E-state index is 14.3. The van der Waals surface area contributed by atoms with E-state index in [1.165, 1.54) is 35.1 Å². The first-order chi connectivity index (χ1) is 15.2. The van der Waals surface area contributed by atoms with E-state index in [0.717, 1.165) is 43.6 Å². The first-order valence-corrected chi connectivity index (χ1v) is 12.5. The largest absolute Gasteiger partial charge is 0.457 e. The van der Waals surface area contributed by atoms with Gasteiger partial charge in [-0.15, -0.1) is 0 Å². The number of alkyl halides is 1. The van der Waals surface area contributed by atoms with E-state index >= 15 is 0 Å². The molecule has 0 radical (unpaired) electrons. The molecule has 0 heterocycles. The number of rotatable bonds is 12. The van der Waals surface area contributed by atoms with Gasteiger partial charge in [-0.25, -0.2) is 4.39 Å². The van der Waals surface area contributed by atoms with Crippen molar-refractivity contribution in [2.75, 3.05) is 0 Å². The van der Waals surface area contributed by atoms with E-state index in [9.17, 15) is 4.39 Å². The number of ether oxygens (including phenoxy) is 1. The molecule has 0 bridgehead atoms. The zero-order valence-electron chi connectivity index (χ0n) is 21.4. The van der Waals surface area contributed by atoms with Crippen molar-refractivity contribution in [3.63, 3.8) is 0 Å². The molecule has 0 aromatic heterocycles. The van der Waals surface area contributed by atoms with Crippen LogP contribution in [0.3, 0.4) is 0 Å². The number of benzene rings is 2. The first-order valence-electron chi connectivity index (χ1n) is 12.5. The SMILES string of the molecule is CC/C=C(\CCC(C)C)c1c(Oc2ccc(C(C)(C)F)cc2)ccc(CCCC)c1CC. The Bertz CT molecular complexity index is 869. The van der Waals surface area contributed by atoms with Crippen LogP contribution >= 0.6 is 0 Å². The Labute approximate surface area is 196 Å². The van der Waals surface area contributed by atoms with Crippen molar-refractivity contribution >= 4 is 5.57 Å². The zero-order valence-corrected chi connectivity index (χ0v) is 21.4. The van der Waals surface area contributed by atoms with Crippen molar-refractivity contribution in [2.45, 2.75) is 99.1 Å². The molecule has 2 aromatic carbocycles. The summed E-state index contributed by atoms with van der Waals surface area (Å²) >= 11 is 0. The lowest BCUT2D eigenvalue weighted by atomic mass is 9.87. The third kappa shape index (κ3) is 7.22. The maximum atomic E-state index is 14.3. The smallest absolute Gasteiger partial charge is 0.135 e. The zero-order chi connectivity index (χ0) is 23.7. The molecule has 0 fully saturated rings. The van der Waals surface area contributed by atoms with Crippen molar-refractivity contribution in [1.82, 2.24) is 0 Å². The van der Waals surface area contributed by atoms with Gasteiger partial charge in [-0.05, 0) is 98.8 Å². The molecule has 0 N–H and O–H groups in total. The van der Waals surface area contributed by atoms with Crippen LogP contribution in [-0.2, 0) is 18.5 Å². The van der Waals surface area contributed by atoms with Crippen molar-refractivity contribution in [1.29, 1.82) is 0 Å². The third-order valence-electron chi connectivity index (χ3n) is 6.06. The molecule has 2 aromatic rings. The van der Waals surface area contributed by atoms with Gasteiger partial charge in [0.05, 0.1) is 0 Å². The lowest BCUT2D eigenvalue weighted by Crippen LogP contribution is -2.08. The molecule has 0 aliphatic carbocycles. The molecule has 176 valence electrons. The Morgan fingerprint density at radius 1 is 1.03 bits per heavy atom. The Morgan fingerprint density at radius 2 is 1.72 bits per heavy atom. The summed E-state index contributed by atoms with van der Waals surface area (Å²) in [7, 11) is 0. The molecular formula is C30H43FO. The number of halogens is 1. The van der Waals surface area contributed by atoms with E-state index in [0.29, 0.717) is 11.5 Å². The highest BCUT2D eigenvalue weighted by Crippen LogP contribution is 2.39. The second-order valence-corrected chi connectivity index (χ2v) is 9.70. The van der Waals surface area contributed by atoms with Gasteiger partial charge in [-0.1, -0.05) is 65.3 Å². The summed E-state index contributed by atoms with van der Waals surface area (Å²) in [5.41, 5.74) is 4.84. The number of hydrogen-bond acceptors (Lipinski definition) is 1. The molecule has 32 heavy (non-hydrogen) atoms. The second kappa shape index (κ2) is 12.2. The molecule has 1 nitrogen and oxygen atoms in total. The molecular weight excluding hydrogens is 395 g/mol. The molecule has 2 heteroatoms. The van der Waals surface area contributed by atoms with E-state index in [1.54, 1.807) is 13.8 Å². The second-order valence-electron chi connectivity index (χ2n) is 9.70. The molecule has 0 aliphatic rings. The predicted octanol–water partition coefficient (Wildman–Crippen LogP) is 9.82. The minimum atomic E-state index is -1.35. The van der Waals surface area contributed by atoms with E-state index < -0.39 is 5.67 Å². The van der Waals surface area contributed by atoms with Gasteiger partial charge in [0.1, 0.15) is 17.2 Å². The quantitative estimate of drug-likeness (QED) is 0.320. The molecule has 0 saturated carbocycles. The van der Waals surface area contributed by atoms with Gasteiger partial charge in [0.15, 0.2) is 0 Å². The molecule has 0 atom stereocenters. The molecule has 0 aliphatic heterocycles. The molecule has 0 amide bonds. The Kier molecular flexibility index (Phi) is 10.0. The van der Waals surface area contributed by atoms with Gasteiger partial charge in [-0.2, -0.15) is 0 Å². The van der Waals surface area contributed by atoms with Crippen LogP contribution in [0.2, 0.25) is 0 Å². The van der Waals surface area contributed by atoms with Crippen molar-refractivity contribution in [3.05, 3.63) is 64.7 Å². The fourth-order valence-electron chi connectivity index (χ4n) is 4.18. The van der Waals surface area contributed by atoms with E-state index in [2.05, 4.69) is 52.8 Å². The highest BCUT2D eigenvalue weighted by atomic mass is 19.1. The van der Waals surface area contributed by atoms with E-state index in [-0.39, 0.29) is 0 Å². The van der Waals surface area contributed by atoms with Gasteiger partial charge in [-0.3, -0.25) is 0 Å². The molecule has 0 saturated heterocycles. The van der Waals surface area contributed by atoms with E-state index in [4.69, 9.17) is 4.74 Å². The summed E-state index contributed by atoms with van der Waals surface area (Å²) in [6, 6.07) is 11.8. The van der Waals surface area contributed by atoms with Crippen LogP contribution in [0.25, 0.3) is 5.57 Å². The summed E-state index contributed by atoms with van der Waals surface area (Å²) in [6.07, 6.45) is 10.1. The van der Waals surface area contributed by atoms with Gasteiger partial charge >= 0.3 is 0 Å². The van der Waals surface area contributed by atoms with Crippen molar-refractivity contribution in [3.8, 4) is 11.5 Å². The van der Waals surface area contributed by atoms with Gasteiger partial charge in [0, 0.05) is 5.56 Å². The number of hydrogen-bond donors (Lipinski definition) is 0. The number of aryl methyl sites for hydroxylation is 1. The normalized spacial score (nSPS) is 12.5. The predicted molar refractivity (Wildman–Crippen MR) is 137 cm³/mol. The molecule has 0 spiro atoms. The average molecular weight is 439 g/mol. The van der Waals surface area contributed by atoms with Crippen LogP contribution in [0.4, 0.5) is 4.39 Å². The van der Waals surface area contributed by atoms with Crippen LogP contribution in [0.5, 0.6) is 11.5 Å². The summed E-state index contributed by atoms with van der Waals surface area (Å²) in [4.78, 5) is 0. The minimum absolute atomic E-state index is 0.657. The van der Waals surface area contributed by atoms with Crippen LogP contribution in [0.1, 0.15) is 103 Å². The molecule has 2 rings (SSSR count). The van der Waals surface area contributed by atoms with Crippen LogP contribution in [-0.4, -0.2) is 0 Å². The fraction of sp³-hybridized carbons (Fsp3) is 0.533. The Hall–Kier alpha value is -2.09. The van der Waals surface area contributed by atoms with Crippen molar-refractivity contribution in [2.24, 2.45) is 5.92 Å². The maximum Gasteiger partial charge on any atom is 0.135 e. The average Bonchev–Trinajstić information content (AvgIpc) is 2.75. The summed E-state index contributed by atoms with van der Waals surface area (Å²) in [5.74, 6) is 2.32. The van der Waals surface area contributed by atoms with Crippen molar-refractivity contribution < 1.29 is 9.13 Å². The minimum Gasteiger partial charge on any atom is -0.457 e. The standard InChI is InChI=1S/C30H43FO/c1-8-11-13-23-16-21-28(32-26-19-17-25(18-20-26)30(6,7)31)29(27(23)10-3)24(12-9-2)15-14-22(4)5/h12,16-22H,8-11,13-15H2,1-7H3/b24-12+. The van der Waals surface area contributed by atoms with Crippen LogP contribution in [0, 0.1) is 5.92 Å². The Balaban J connectivity index is 2.54. The van der Waals surface area contributed by atoms with Crippen LogP contribution in [0.15, 0.2) is 42.5 Å². The monoisotopic (exact) mass is 438 g/mol. The third-order valence-corrected chi connectivity index (χ3v) is 6.06. The van der Waals surface area contributed by atoms with E-state index in [1.807, 2.05) is 24.3 Å². The highest BCUT2D eigenvalue weighted by molar-refractivity contribution is 5.75. The molecule has 0 unspecified atom stereocenters. The summed E-state index contributed by atoms with van der Waals surface area (Å²) < 4.78 is 20.7. The first kappa shape index (κ1) is 26.2. The highest BCUT2D eigenvalue weighted by Gasteiger charge is 2.20. The van der Waals surface area contributed by atoms with Gasteiger partial charge < -0.3 is 4.74 Å². The topological polar surface area (TPSA) is 9.23 Å². The number of allylic oxidation sites excluding steroid dienone is 2. The van der Waals surface area contributed by atoms with Gasteiger partial charge in [0.25, 0.3) is 0 Å². The lowest BCUT2D eigenvalue weighted by Gasteiger charge is -2.22. The lowest BCUT2D eigenvalue weighted by molar-refractivity contribution is 0.221. The van der Waals surface area contributed by atoms with Gasteiger partial charge in [0.2, 0.25) is 0 Å². The summed E-state index contributed by atoms with van der Waals surface area (Å²) in [5, 5.41) is 0. The van der Waals surface area contributed by atoms with Crippen LogP contribution < -0.4 is 4.74 Å².